The molecule has 1 fully saturated rings. The van der Waals surface area contributed by atoms with Crippen molar-refractivity contribution in [2.24, 2.45) is 0 Å². The van der Waals surface area contributed by atoms with Gasteiger partial charge in [0.15, 0.2) is 5.75 Å². The third-order valence-electron chi connectivity index (χ3n) is 4.66. The second-order valence-electron chi connectivity index (χ2n) is 6.42. The molecule has 0 radical (unpaired) electrons. The van der Waals surface area contributed by atoms with Gasteiger partial charge in [-0.1, -0.05) is 12.2 Å². The van der Waals surface area contributed by atoms with Gasteiger partial charge in [0.05, 0.1) is 4.91 Å². The van der Waals surface area contributed by atoms with E-state index in [1.165, 1.54) is 16.1 Å². The lowest BCUT2D eigenvalue weighted by Crippen LogP contribution is -2.50. The standard InChI is InChI=1S/C18H20N2O6S/c1-12-10-15(21)17(23)16(22)11-14(12)18(24)19-6-8-20(9-7-19)27(25,26)13-4-2-3-5-13/h2,4-5,10-11H,3,6-9H2,1H3,(H2,21,22,23). The molecule has 2 aliphatic rings. The lowest BCUT2D eigenvalue weighted by atomic mass is 10.1. The second kappa shape index (κ2) is 7.16. The summed E-state index contributed by atoms with van der Waals surface area (Å²) in [5, 5.41) is 19.3. The smallest absolute Gasteiger partial charge is 0.254 e. The Morgan fingerprint density at radius 2 is 1.78 bits per heavy atom. The molecule has 9 heteroatoms. The molecule has 1 aromatic carbocycles. The Kier molecular flexibility index (Phi) is 5.07. The van der Waals surface area contributed by atoms with Gasteiger partial charge < -0.3 is 15.1 Å². The van der Waals surface area contributed by atoms with Crippen LogP contribution in [0.5, 0.6) is 11.5 Å². The minimum atomic E-state index is -3.56. The van der Waals surface area contributed by atoms with Crippen LogP contribution in [0.25, 0.3) is 0 Å². The average Bonchev–Trinajstić information content (AvgIpc) is 3.17. The molecule has 1 amide bonds. The highest BCUT2D eigenvalue weighted by molar-refractivity contribution is 7.93. The molecule has 3 rings (SSSR count). The Labute approximate surface area is 156 Å². The number of allylic oxidation sites excluding steroid dienone is 3. The number of aryl methyl sites for hydroxylation is 1. The summed E-state index contributed by atoms with van der Waals surface area (Å²) in [7, 11) is -3.56. The molecular weight excluding hydrogens is 372 g/mol. The van der Waals surface area contributed by atoms with Gasteiger partial charge >= 0.3 is 0 Å². The van der Waals surface area contributed by atoms with Crippen LogP contribution in [0.4, 0.5) is 0 Å². The first-order chi connectivity index (χ1) is 12.7. The maximum Gasteiger partial charge on any atom is 0.254 e. The molecule has 1 aromatic rings. The Bertz CT molecular complexity index is 1010. The summed E-state index contributed by atoms with van der Waals surface area (Å²) in [4.78, 5) is 26.2. The molecule has 0 atom stereocenters. The van der Waals surface area contributed by atoms with Crippen LogP contribution in [-0.2, 0) is 10.0 Å². The van der Waals surface area contributed by atoms with E-state index in [2.05, 4.69) is 0 Å². The zero-order chi connectivity index (χ0) is 19.8. The molecule has 1 heterocycles. The Morgan fingerprint density at radius 3 is 2.37 bits per heavy atom. The van der Waals surface area contributed by atoms with Gasteiger partial charge in [-0.3, -0.25) is 9.59 Å². The molecular formula is C18H20N2O6S. The fourth-order valence-electron chi connectivity index (χ4n) is 3.10. The molecule has 0 aromatic heterocycles. The number of sulfonamides is 1. The van der Waals surface area contributed by atoms with Crippen LogP contribution in [0.2, 0.25) is 0 Å². The molecule has 1 saturated heterocycles. The molecule has 0 saturated carbocycles. The zero-order valence-corrected chi connectivity index (χ0v) is 15.6. The molecule has 144 valence electrons. The van der Waals surface area contributed by atoms with Gasteiger partial charge in [-0.15, -0.1) is 0 Å². The van der Waals surface area contributed by atoms with Crippen molar-refractivity contribution in [2.75, 3.05) is 26.2 Å². The predicted molar refractivity (Wildman–Crippen MR) is 99.0 cm³/mol. The van der Waals surface area contributed by atoms with E-state index < -0.39 is 32.9 Å². The molecule has 2 N–H and O–H groups in total. The molecule has 0 unspecified atom stereocenters. The van der Waals surface area contributed by atoms with E-state index >= 15 is 0 Å². The molecule has 27 heavy (non-hydrogen) atoms. The fourth-order valence-corrected chi connectivity index (χ4v) is 4.61. The van der Waals surface area contributed by atoms with Gasteiger partial charge in [-0.25, -0.2) is 8.42 Å². The summed E-state index contributed by atoms with van der Waals surface area (Å²) in [6.07, 6.45) is 5.60. The van der Waals surface area contributed by atoms with Gasteiger partial charge in [-0.2, -0.15) is 4.31 Å². The molecule has 0 spiro atoms. The van der Waals surface area contributed by atoms with Crippen molar-refractivity contribution in [2.45, 2.75) is 13.3 Å². The van der Waals surface area contributed by atoms with Crippen LogP contribution >= 0.6 is 0 Å². The summed E-state index contributed by atoms with van der Waals surface area (Å²) in [6.45, 7) is 2.21. The topological polar surface area (TPSA) is 115 Å². The first-order valence-corrected chi connectivity index (χ1v) is 9.89. The highest BCUT2D eigenvalue weighted by Gasteiger charge is 2.31. The van der Waals surface area contributed by atoms with E-state index in [-0.39, 0.29) is 36.6 Å². The van der Waals surface area contributed by atoms with E-state index in [0.29, 0.717) is 12.0 Å². The van der Waals surface area contributed by atoms with Crippen LogP contribution in [0, 0.1) is 6.92 Å². The third-order valence-corrected chi connectivity index (χ3v) is 6.60. The lowest BCUT2D eigenvalue weighted by Gasteiger charge is -2.34. The lowest BCUT2D eigenvalue weighted by molar-refractivity contribution is 0.0697. The minimum absolute atomic E-state index is 0.0858. The van der Waals surface area contributed by atoms with E-state index in [9.17, 15) is 28.2 Å². The number of rotatable bonds is 3. The maximum absolute atomic E-state index is 12.8. The third kappa shape index (κ3) is 3.60. The molecule has 1 aliphatic heterocycles. The highest BCUT2D eigenvalue weighted by atomic mass is 32.2. The number of carbonyl (C=O) groups is 1. The van der Waals surface area contributed by atoms with Crippen molar-refractivity contribution >= 4 is 15.9 Å². The van der Waals surface area contributed by atoms with E-state index in [1.54, 1.807) is 18.2 Å². The number of nitrogens with zero attached hydrogens (tertiary/aromatic N) is 2. The first kappa shape index (κ1) is 19.1. The number of amides is 1. The van der Waals surface area contributed by atoms with Crippen molar-refractivity contribution in [1.29, 1.82) is 0 Å². The molecule has 8 nitrogen and oxygen atoms in total. The number of piperazine rings is 1. The van der Waals surface area contributed by atoms with Crippen LogP contribution < -0.4 is 5.43 Å². The van der Waals surface area contributed by atoms with E-state index in [0.717, 1.165) is 12.1 Å². The minimum Gasteiger partial charge on any atom is -0.504 e. The number of hydrogen-bond acceptors (Lipinski definition) is 6. The number of aromatic hydroxyl groups is 2. The molecule has 0 bridgehead atoms. The largest absolute Gasteiger partial charge is 0.504 e. The maximum atomic E-state index is 12.8. The van der Waals surface area contributed by atoms with Crippen molar-refractivity contribution in [3.63, 3.8) is 0 Å². The number of hydrogen-bond donors (Lipinski definition) is 2. The van der Waals surface area contributed by atoms with E-state index in [1.807, 2.05) is 0 Å². The van der Waals surface area contributed by atoms with Crippen LogP contribution in [0.1, 0.15) is 22.3 Å². The summed E-state index contributed by atoms with van der Waals surface area (Å²) < 4.78 is 26.5. The van der Waals surface area contributed by atoms with Gasteiger partial charge in [0, 0.05) is 31.7 Å². The number of carbonyl (C=O) groups excluding carboxylic acids is 1. The monoisotopic (exact) mass is 392 g/mol. The van der Waals surface area contributed by atoms with Gasteiger partial charge in [0.1, 0.15) is 0 Å². The zero-order valence-electron chi connectivity index (χ0n) is 14.8. The van der Waals surface area contributed by atoms with Crippen LogP contribution in [0.3, 0.4) is 0 Å². The van der Waals surface area contributed by atoms with Crippen LogP contribution in [0.15, 0.2) is 40.1 Å². The average molecular weight is 392 g/mol. The van der Waals surface area contributed by atoms with Gasteiger partial charge in [-0.05, 0) is 37.1 Å². The van der Waals surface area contributed by atoms with Crippen molar-refractivity contribution in [3.8, 4) is 11.5 Å². The van der Waals surface area contributed by atoms with E-state index in [4.69, 9.17) is 0 Å². The summed E-state index contributed by atoms with van der Waals surface area (Å²) >= 11 is 0. The SMILES string of the molecule is Cc1cc(=O)c(O)c(O)cc1C(=O)N1CCN(S(=O)(=O)C2=CCC=C2)CC1. The van der Waals surface area contributed by atoms with Gasteiger partial charge in [0.2, 0.25) is 21.2 Å². The summed E-state index contributed by atoms with van der Waals surface area (Å²) in [6, 6.07) is 2.15. The highest BCUT2D eigenvalue weighted by Crippen LogP contribution is 2.24. The summed E-state index contributed by atoms with van der Waals surface area (Å²) in [5.41, 5.74) is -0.377. The Morgan fingerprint density at radius 1 is 1.11 bits per heavy atom. The Hall–Kier alpha value is -2.65. The fraction of sp³-hybridized carbons (Fsp3) is 0.333. The van der Waals surface area contributed by atoms with Crippen LogP contribution in [-0.4, -0.2) is 59.9 Å². The quantitative estimate of drug-likeness (QED) is 0.782. The Balaban J connectivity index is 1.78. The first-order valence-electron chi connectivity index (χ1n) is 8.45. The van der Waals surface area contributed by atoms with Gasteiger partial charge in [0.25, 0.3) is 5.91 Å². The van der Waals surface area contributed by atoms with Crippen molar-refractivity contribution in [1.82, 2.24) is 9.21 Å². The van der Waals surface area contributed by atoms with Crippen molar-refractivity contribution < 1.29 is 23.4 Å². The molecule has 1 aliphatic carbocycles. The van der Waals surface area contributed by atoms with Crippen molar-refractivity contribution in [3.05, 3.63) is 56.6 Å². The second-order valence-corrected chi connectivity index (χ2v) is 8.36. The predicted octanol–water partition coefficient (Wildman–Crippen LogP) is 0.698. The normalized spacial score (nSPS) is 17.8. The summed E-state index contributed by atoms with van der Waals surface area (Å²) in [5.74, 6) is -1.92.